The van der Waals surface area contributed by atoms with E-state index in [1.807, 2.05) is 44.2 Å². The molecule has 3 rings (SSSR count). The molecule has 2 amide bonds. The summed E-state index contributed by atoms with van der Waals surface area (Å²) < 4.78 is 0. The third-order valence-electron chi connectivity index (χ3n) is 4.45. The van der Waals surface area contributed by atoms with Crippen LogP contribution >= 0.6 is 0 Å². The first-order valence-corrected chi connectivity index (χ1v) is 8.62. The maximum atomic E-state index is 12.7. The molecule has 1 aliphatic rings. The molecule has 1 unspecified atom stereocenters. The Morgan fingerprint density at radius 3 is 2.68 bits per heavy atom. The van der Waals surface area contributed by atoms with Gasteiger partial charge in [-0.05, 0) is 55.7 Å². The number of hydrogen-bond acceptors (Lipinski definition) is 3. The van der Waals surface area contributed by atoms with E-state index < -0.39 is 5.92 Å². The molecule has 1 N–H and O–H groups in total. The minimum Gasteiger partial charge on any atom is -0.355 e. The van der Waals surface area contributed by atoms with Gasteiger partial charge in [-0.25, -0.2) is 0 Å². The van der Waals surface area contributed by atoms with E-state index in [0.717, 1.165) is 22.5 Å². The van der Waals surface area contributed by atoms with E-state index in [-0.39, 0.29) is 11.8 Å². The van der Waals surface area contributed by atoms with Gasteiger partial charge in [-0.3, -0.25) is 14.6 Å². The Hall–Kier alpha value is -2.69. The van der Waals surface area contributed by atoms with E-state index in [0.29, 0.717) is 25.9 Å². The molecule has 2 heterocycles. The summed E-state index contributed by atoms with van der Waals surface area (Å²) in [7, 11) is 0. The van der Waals surface area contributed by atoms with Gasteiger partial charge in [-0.1, -0.05) is 12.1 Å². The van der Waals surface area contributed by atoms with Crippen LogP contribution in [0.4, 0.5) is 5.69 Å². The highest BCUT2D eigenvalue weighted by Crippen LogP contribution is 2.27. The zero-order valence-electron chi connectivity index (χ0n) is 14.7. The number of rotatable bonds is 5. The summed E-state index contributed by atoms with van der Waals surface area (Å²) in [6.45, 7) is 5.10. The van der Waals surface area contributed by atoms with Crippen molar-refractivity contribution < 1.29 is 9.59 Å². The lowest BCUT2D eigenvalue weighted by molar-refractivity contribution is -0.132. The zero-order valence-corrected chi connectivity index (χ0v) is 14.7. The van der Waals surface area contributed by atoms with Crippen molar-refractivity contribution in [3.63, 3.8) is 0 Å². The average molecular weight is 337 g/mol. The largest absolute Gasteiger partial charge is 0.355 e. The van der Waals surface area contributed by atoms with Crippen molar-refractivity contribution in [2.45, 2.75) is 26.7 Å². The summed E-state index contributed by atoms with van der Waals surface area (Å²) in [6.07, 6.45) is 2.95. The first-order chi connectivity index (χ1) is 12.0. The van der Waals surface area contributed by atoms with E-state index >= 15 is 0 Å². The van der Waals surface area contributed by atoms with Crippen LogP contribution in [0.1, 0.15) is 23.2 Å². The van der Waals surface area contributed by atoms with Gasteiger partial charge in [0.05, 0.1) is 0 Å². The second-order valence-corrected chi connectivity index (χ2v) is 6.54. The third kappa shape index (κ3) is 4.05. The van der Waals surface area contributed by atoms with Gasteiger partial charge in [0, 0.05) is 37.1 Å². The molecule has 1 aromatic heterocycles. The fourth-order valence-corrected chi connectivity index (χ4v) is 3.27. The Labute approximate surface area is 148 Å². The molecule has 0 bridgehead atoms. The van der Waals surface area contributed by atoms with Crippen molar-refractivity contribution in [3.05, 3.63) is 59.4 Å². The maximum absolute atomic E-state index is 12.7. The summed E-state index contributed by atoms with van der Waals surface area (Å²) in [5.41, 5.74) is 4.04. The zero-order chi connectivity index (χ0) is 17.8. The van der Waals surface area contributed by atoms with Gasteiger partial charge < -0.3 is 10.2 Å². The molecule has 1 atom stereocenters. The molecule has 0 radical (unpaired) electrons. The van der Waals surface area contributed by atoms with Crippen LogP contribution in [0.5, 0.6) is 0 Å². The number of hydrogen-bond donors (Lipinski definition) is 1. The highest BCUT2D eigenvalue weighted by atomic mass is 16.2. The predicted molar refractivity (Wildman–Crippen MR) is 97.3 cm³/mol. The van der Waals surface area contributed by atoms with E-state index in [1.165, 1.54) is 0 Å². The summed E-state index contributed by atoms with van der Waals surface area (Å²) in [4.78, 5) is 31.0. The van der Waals surface area contributed by atoms with Crippen LogP contribution in [-0.4, -0.2) is 29.9 Å². The number of aromatic nitrogens is 1. The topological polar surface area (TPSA) is 62.3 Å². The minimum atomic E-state index is -0.593. The SMILES string of the molecule is Cc1cc(C)cc(N2CCC(C(=O)NCCc3ccccn3)C2=O)c1. The fourth-order valence-electron chi connectivity index (χ4n) is 3.27. The van der Waals surface area contributed by atoms with Gasteiger partial charge in [-0.15, -0.1) is 0 Å². The van der Waals surface area contributed by atoms with E-state index in [4.69, 9.17) is 0 Å². The van der Waals surface area contributed by atoms with Crippen LogP contribution < -0.4 is 10.2 Å². The number of benzene rings is 1. The molecule has 0 spiro atoms. The van der Waals surface area contributed by atoms with Gasteiger partial charge in [0.1, 0.15) is 5.92 Å². The Bertz CT molecular complexity index is 754. The number of carbonyl (C=O) groups excluding carboxylic acids is 2. The normalized spacial score (nSPS) is 17.0. The quantitative estimate of drug-likeness (QED) is 0.852. The molecule has 1 saturated heterocycles. The predicted octanol–water partition coefficient (Wildman–Crippen LogP) is 2.41. The van der Waals surface area contributed by atoms with Crippen LogP contribution in [0.25, 0.3) is 0 Å². The molecular weight excluding hydrogens is 314 g/mol. The second kappa shape index (κ2) is 7.47. The molecule has 130 valence electrons. The monoisotopic (exact) mass is 337 g/mol. The fraction of sp³-hybridized carbons (Fsp3) is 0.350. The lowest BCUT2D eigenvalue weighted by Crippen LogP contribution is -2.37. The van der Waals surface area contributed by atoms with E-state index in [9.17, 15) is 9.59 Å². The highest BCUT2D eigenvalue weighted by Gasteiger charge is 2.37. The molecule has 0 aliphatic carbocycles. The summed E-state index contributed by atoms with van der Waals surface area (Å²) >= 11 is 0. The number of aryl methyl sites for hydroxylation is 2. The number of carbonyl (C=O) groups is 2. The van der Waals surface area contributed by atoms with Gasteiger partial charge in [0.15, 0.2) is 0 Å². The van der Waals surface area contributed by atoms with Gasteiger partial charge in [0.25, 0.3) is 0 Å². The van der Waals surface area contributed by atoms with Gasteiger partial charge >= 0.3 is 0 Å². The summed E-state index contributed by atoms with van der Waals surface area (Å²) in [5, 5.41) is 2.87. The molecular formula is C20H23N3O2. The Morgan fingerprint density at radius 1 is 1.24 bits per heavy atom. The van der Waals surface area contributed by atoms with Crippen LogP contribution in [0, 0.1) is 19.8 Å². The van der Waals surface area contributed by atoms with Crippen molar-refractivity contribution in [3.8, 4) is 0 Å². The smallest absolute Gasteiger partial charge is 0.239 e. The lowest BCUT2D eigenvalue weighted by Gasteiger charge is -2.18. The van der Waals surface area contributed by atoms with Crippen molar-refractivity contribution in [1.82, 2.24) is 10.3 Å². The van der Waals surface area contributed by atoms with E-state index in [1.54, 1.807) is 11.1 Å². The molecule has 0 saturated carbocycles. The average Bonchev–Trinajstić information content (AvgIpc) is 2.96. The van der Waals surface area contributed by atoms with Crippen molar-refractivity contribution in [2.24, 2.45) is 5.92 Å². The molecule has 1 fully saturated rings. The van der Waals surface area contributed by atoms with E-state index in [2.05, 4.69) is 16.4 Å². The summed E-state index contributed by atoms with van der Waals surface area (Å²) in [6, 6.07) is 11.8. The highest BCUT2D eigenvalue weighted by molar-refractivity contribution is 6.09. The van der Waals surface area contributed by atoms with Crippen LogP contribution in [0.3, 0.4) is 0 Å². The number of nitrogens with zero attached hydrogens (tertiary/aromatic N) is 2. The Kier molecular flexibility index (Phi) is 5.12. The van der Waals surface area contributed by atoms with Gasteiger partial charge in [0.2, 0.25) is 11.8 Å². The van der Waals surface area contributed by atoms with Crippen LogP contribution in [-0.2, 0) is 16.0 Å². The molecule has 5 heteroatoms. The standard InChI is InChI=1S/C20H23N3O2/c1-14-11-15(2)13-17(12-14)23-10-7-18(20(23)25)19(24)22-9-6-16-5-3-4-8-21-16/h3-5,8,11-13,18H,6-7,9-10H2,1-2H3,(H,22,24). The Balaban J connectivity index is 1.58. The molecule has 5 nitrogen and oxygen atoms in total. The van der Waals surface area contributed by atoms with Gasteiger partial charge in [-0.2, -0.15) is 0 Å². The van der Waals surface area contributed by atoms with Crippen molar-refractivity contribution in [1.29, 1.82) is 0 Å². The number of anilines is 1. The molecule has 2 aromatic rings. The maximum Gasteiger partial charge on any atom is 0.239 e. The summed E-state index contributed by atoms with van der Waals surface area (Å²) in [5.74, 6) is -0.891. The third-order valence-corrected chi connectivity index (χ3v) is 4.45. The second-order valence-electron chi connectivity index (χ2n) is 6.54. The van der Waals surface area contributed by atoms with Crippen molar-refractivity contribution >= 4 is 17.5 Å². The molecule has 1 aliphatic heterocycles. The number of pyridine rings is 1. The lowest BCUT2D eigenvalue weighted by atomic mass is 10.1. The Morgan fingerprint density at radius 2 is 2.00 bits per heavy atom. The first kappa shape index (κ1) is 17.1. The van der Waals surface area contributed by atoms with Crippen LogP contribution in [0.15, 0.2) is 42.6 Å². The van der Waals surface area contributed by atoms with Crippen LogP contribution in [0.2, 0.25) is 0 Å². The molecule has 1 aromatic carbocycles. The minimum absolute atomic E-state index is 0.111. The number of nitrogens with one attached hydrogen (secondary N) is 1. The first-order valence-electron chi connectivity index (χ1n) is 8.62. The van der Waals surface area contributed by atoms with Crippen molar-refractivity contribution in [2.75, 3.05) is 18.0 Å². The number of amides is 2. The molecule has 25 heavy (non-hydrogen) atoms.